The topological polar surface area (TPSA) is 88.8 Å². The molecule has 0 unspecified atom stereocenters. The van der Waals surface area contributed by atoms with Gasteiger partial charge in [-0.2, -0.15) is 0 Å². The molecule has 7 heteroatoms. The van der Waals surface area contributed by atoms with Gasteiger partial charge in [-0.05, 0) is 37.6 Å². The number of benzene rings is 1. The molecule has 0 atom stereocenters. The SMILES string of the molecule is CCNc1nc(C)c(-c2ccnc(Nc3cccc(CN)c3)n2)s1. The van der Waals surface area contributed by atoms with Gasteiger partial charge in [0, 0.05) is 25.0 Å². The molecular weight excluding hydrogens is 320 g/mol. The van der Waals surface area contributed by atoms with Crippen LogP contribution >= 0.6 is 11.3 Å². The predicted molar refractivity (Wildman–Crippen MR) is 99.7 cm³/mol. The molecule has 0 amide bonds. The van der Waals surface area contributed by atoms with Gasteiger partial charge in [0.05, 0.1) is 16.3 Å². The summed E-state index contributed by atoms with van der Waals surface area (Å²) in [5.41, 5.74) is 9.49. The first kappa shape index (κ1) is 16.4. The zero-order chi connectivity index (χ0) is 16.9. The third kappa shape index (κ3) is 3.69. The van der Waals surface area contributed by atoms with Crippen molar-refractivity contribution in [1.82, 2.24) is 15.0 Å². The Morgan fingerprint density at radius 1 is 1.21 bits per heavy atom. The Morgan fingerprint density at radius 3 is 2.88 bits per heavy atom. The van der Waals surface area contributed by atoms with Crippen LogP contribution in [0, 0.1) is 6.92 Å². The molecule has 0 aliphatic carbocycles. The van der Waals surface area contributed by atoms with Crippen molar-refractivity contribution in [1.29, 1.82) is 0 Å². The van der Waals surface area contributed by atoms with E-state index in [4.69, 9.17) is 5.73 Å². The molecule has 3 rings (SSSR count). The molecule has 0 saturated carbocycles. The van der Waals surface area contributed by atoms with E-state index in [0.717, 1.165) is 39.2 Å². The smallest absolute Gasteiger partial charge is 0.227 e. The first-order chi connectivity index (χ1) is 11.7. The number of aromatic nitrogens is 3. The maximum Gasteiger partial charge on any atom is 0.227 e. The Bertz CT molecular complexity index is 829. The van der Waals surface area contributed by atoms with Crippen molar-refractivity contribution in [2.45, 2.75) is 20.4 Å². The summed E-state index contributed by atoms with van der Waals surface area (Å²) in [5.74, 6) is 0.555. The van der Waals surface area contributed by atoms with E-state index >= 15 is 0 Å². The largest absolute Gasteiger partial charge is 0.362 e. The van der Waals surface area contributed by atoms with Gasteiger partial charge in [0.2, 0.25) is 5.95 Å². The summed E-state index contributed by atoms with van der Waals surface area (Å²) < 4.78 is 0. The summed E-state index contributed by atoms with van der Waals surface area (Å²) >= 11 is 1.60. The Hall–Kier alpha value is -2.51. The van der Waals surface area contributed by atoms with Crippen LogP contribution in [0.25, 0.3) is 10.6 Å². The highest BCUT2D eigenvalue weighted by molar-refractivity contribution is 7.19. The summed E-state index contributed by atoms with van der Waals surface area (Å²) in [6.07, 6.45) is 1.75. The molecule has 0 aliphatic heterocycles. The van der Waals surface area contributed by atoms with E-state index in [9.17, 15) is 0 Å². The molecule has 0 spiro atoms. The van der Waals surface area contributed by atoms with Crippen LogP contribution < -0.4 is 16.4 Å². The molecule has 2 aromatic heterocycles. The van der Waals surface area contributed by atoms with Crippen molar-refractivity contribution in [2.75, 3.05) is 17.2 Å². The number of nitrogens with one attached hydrogen (secondary N) is 2. The standard InChI is InChI=1S/C17H20N6S/c1-3-19-17-21-11(2)15(24-17)14-7-8-20-16(23-14)22-13-6-4-5-12(9-13)10-18/h4-9H,3,10,18H2,1-2H3,(H,19,21)(H,20,22,23). The number of nitrogens with two attached hydrogens (primary N) is 1. The predicted octanol–water partition coefficient (Wildman–Crippen LogP) is 3.54. The molecule has 0 fully saturated rings. The molecule has 0 aliphatic rings. The van der Waals surface area contributed by atoms with E-state index in [1.165, 1.54) is 0 Å². The first-order valence-electron chi connectivity index (χ1n) is 7.80. The molecule has 6 nitrogen and oxygen atoms in total. The fraction of sp³-hybridized carbons (Fsp3) is 0.235. The summed E-state index contributed by atoms with van der Waals surface area (Å²) in [6, 6.07) is 9.82. The van der Waals surface area contributed by atoms with Gasteiger partial charge in [-0.3, -0.25) is 0 Å². The van der Waals surface area contributed by atoms with E-state index in [1.807, 2.05) is 37.3 Å². The van der Waals surface area contributed by atoms with E-state index in [1.54, 1.807) is 17.5 Å². The molecule has 3 aromatic rings. The van der Waals surface area contributed by atoms with Crippen molar-refractivity contribution in [3.05, 3.63) is 47.8 Å². The molecule has 0 radical (unpaired) electrons. The van der Waals surface area contributed by atoms with Crippen LogP contribution in [0.15, 0.2) is 36.5 Å². The Labute approximate surface area is 145 Å². The zero-order valence-corrected chi connectivity index (χ0v) is 14.5. The first-order valence-corrected chi connectivity index (χ1v) is 8.62. The number of rotatable bonds is 6. The van der Waals surface area contributed by atoms with Crippen LogP contribution in [0.3, 0.4) is 0 Å². The zero-order valence-electron chi connectivity index (χ0n) is 13.7. The van der Waals surface area contributed by atoms with Crippen LogP contribution in [-0.2, 0) is 6.54 Å². The number of hydrogen-bond donors (Lipinski definition) is 3. The molecular formula is C17H20N6S. The number of anilines is 3. The third-order valence-electron chi connectivity index (χ3n) is 3.43. The number of hydrogen-bond acceptors (Lipinski definition) is 7. The average Bonchev–Trinajstić information content (AvgIpc) is 2.96. The van der Waals surface area contributed by atoms with E-state index in [2.05, 4.69) is 32.5 Å². The van der Waals surface area contributed by atoms with Crippen LogP contribution in [0.5, 0.6) is 0 Å². The lowest BCUT2D eigenvalue weighted by Crippen LogP contribution is -2.00. The third-order valence-corrected chi connectivity index (χ3v) is 4.57. The molecule has 24 heavy (non-hydrogen) atoms. The van der Waals surface area contributed by atoms with Gasteiger partial charge in [-0.15, -0.1) is 0 Å². The van der Waals surface area contributed by atoms with Gasteiger partial charge >= 0.3 is 0 Å². The van der Waals surface area contributed by atoms with Gasteiger partial charge in [-0.1, -0.05) is 23.5 Å². The van der Waals surface area contributed by atoms with Gasteiger partial charge in [0.25, 0.3) is 0 Å². The lowest BCUT2D eigenvalue weighted by atomic mass is 10.2. The number of nitrogens with zero attached hydrogens (tertiary/aromatic N) is 3. The molecule has 1 aromatic carbocycles. The highest BCUT2D eigenvalue weighted by atomic mass is 32.1. The fourth-order valence-corrected chi connectivity index (χ4v) is 3.32. The summed E-state index contributed by atoms with van der Waals surface area (Å²) in [5, 5.41) is 7.38. The molecule has 0 bridgehead atoms. The van der Waals surface area contributed by atoms with Crippen LogP contribution in [0.4, 0.5) is 16.8 Å². The summed E-state index contributed by atoms with van der Waals surface area (Å²) in [7, 11) is 0. The van der Waals surface area contributed by atoms with Crippen molar-refractivity contribution in [2.24, 2.45) is 5.73 Å². The average molecular weight is 340 g/mol. The van der Waals surface area contributed by atoms with Gasteiger partial charge < -0.3 is 16.4 Å². The van der Waals surface area contributed by atoms with Crippen molar-refractivity contribution in [3.8, 4) is 10.6 Å². The van der Waals surface area contributed by atoms with E-state index in [-0.39, 0.29) is 0 Å². The minimum Gasteiger partial charge on any atom is -0.362 e. The number of thiazole rings is 1. The lowest BCUT2D eigenvalue weighted by molar-refractivity contribution is 1.07. The van der Waals surface area contributed by atoms with E-state index < -0.39 is 0 Å². The second-order valence-corrected chi connectivity index (χ2v) is 6.26. The molecule has 124 valence electrons. The van der Waals surface area contributed by atoms with Crippen molar-refractivity contribution in [3.63, 3.8) is 0 Å². The van der Waals surface area contributed by atoms with Gasteiger partial charge in [0.1, 0.15) is 0 Å². The maximum atomic E-state index is 5.69. The Kier molecular flexibility index (Phi) is 5.02. The Balaban J connectivity index is 1.86. The number of aryl methyl sites for hydroxylation is 1. The quantitative estimate of drug-likeness (QED) is 0.636. The van der Waals surface area contributed by atoms with Gasteiger partial charge in [0.15, 0.2) is 5.13 Å². The van der Waals surface area contributed by atoms with Gasteiger partial charge in [-0.25, -0.2) is 15.0 Å². The van der Waals surface area contributed by atoms with Crippen molar-refractivity contribution >= 4 is 28.1 Å². The molecule has 2 heterocycles. The minimum atomic E-state index is 0.504. The summed E-state index contributed by atoms with van der Waals surface area (Å²) in [4.78, 5) is 14.5. The monoisotopic (exact) mass is 340 g/mol. The van der Waals surface area contributed by atoms with Crippen LogP contribution in [0.2, 0.25) is 0 Å². The normalized spacial score (nSPS) is 10.6. The maximum absolute atomic E-state index is 5.69. The fourth-order valence-electron chi connectivity index (χ4n) is 2.31. The van der Waals surface area contributed by atoms with E-state index in [0.29, 0.717) is 12.5 Å². The summed E-state index contributed by atoms with van der Waals surface area (Å²) in [6.45, 7) is 5.40. The molecule has 4 N–H and O–H groups in total. The van der Waals surface area contributed by atoms with Crippen LogP contribution in [0.1, 0.15) is 18.2 Å². The van der Waals surface area contributed by atoms with Crippen molar-refractivity contribution < 1.29 is 0 Å². The Morgan fingerprint density at radius 2 is 2.08 bits per heavy atom. The highest BCUT2D eigenvalue weighted by Crippen LogP contribution is 2.31. The molecule has 0 saturated heterocycles. The lowest BCUT2D eigenvalue weighted by Gasteiger charge is -2.07. The second-order valence-electron chi connectivity index (χ2n) is 5.26. The second kappa shape index (κ2) is 7.37. The highest BCUT2D eigenvalue weighted by Gasteiger charge is 2.11. The minimum absolute atomic E-state index is 0.504. The van der Waals surface area contributed by atoms with Crippen LogP contribution in [-0.4, -0.2) is 21.5 Å².